The zero-order valence-corrected chi connectivity index (χ0v) is 19.3. The van der Waals surface area contributed by atoms with Crippen molar-refractivity contribution in [2.75, 3.05) is 5.73 Å². The molecule has 5 nitrogen and oxygen atoms in total. The number of halogens is 2. The third-order valence-corrected chi connectivity index (χ3v) is 5.85. The predicted octanol–water partition coefficient (Wildman–Crippen LogP) is 6.91. The fourth-order valence-electron chi connectivity index (χ4n) is 3.87. The lowest BCUT2D eigenvalue weighted by Crippen LogP contribution is -2.10. The third kappa shape index (κ3) is 5.18. The Kier molecular flexibility index (Phi) is 7.55. The van der Waals surface area contributed by atoms with E-state index < -0.39 is 11.9 Å². The molecule has 31 heavy (non-hydrogen) atoms. The molecule has 0 fully saturated rings. The molecule has 0 saturated carbocycles. The monoisotopic (exact) mass is 444 g/mol. The Hall–Kier alpha value is -2.60. The van der Waals surface area contributed by atoms with Gasteiger partial charge in [0, 0.05) is 23.5 Å². The van der Waals surface area contributed by atoms with Crippen molar-refractivity contribution in [1.29, 1.82) is 0 Å². The van der Waals surface area contributed by atoms with Gasteiger partial charge in [0.1, 0.15) is 11.9 Å². The van der Waals surface area contributed by atoms with Crippen LogP contribution in [0, 0.1) is 12.7 Å². The Labute approximate surface area is 188 Å². The first-order chi connectivity index (χ1) is 14.8. The van der Waals surface area contributed by atoms with Gasteiger partial charge in [0.05, 0.1) is 16.8 Å². The second-order valence-electron chi connectivity index (χ2n) is 7.87. The van der Waals surface area contributed by atoms with Crippen LogP contribution in [0.2, 0.25) is 5.02 Å². The fourth-order valence-corrected chi connectivity index (χ4v) is 4.24. The van der Waals surface area contributed by atoms with Crippen molar-refractivity contribution in [3.8, 4) is 17.0 Å². The van der Waals surface area contributed by atoms with E-state index in [0.29, 0.717) is 17.4 Å². The zero-order valence-electron chi connectivity index (χ0n) is 18.5. The van der Waals surface area contributed by atoms with Crippen LogP contribution >= 0.6 is 11.6 Å². The van der Waals surface area contributed by atoms with E-state index in [1.54, 1.807) is 12.3 Å². The molecule has 0 amide bonds. The molecule has 1 aromatic carbocycles. The second kappa shape index (κ2) is 10.1. The van der Waals surface area contributed by atoms with Gasteiger partial charge in [-0.1, -0.05) is 44.4 Å². The summed E-state index contributed by atoms with van der Waals surface area (Å²) in [5.41, 5.74) is 9.12. The number of ether oxygens (including phenoxy) is 1. The molecule has 1 atom stereocenters. The highest BCUT2D eigenvalue weighted by Crippen LogP contribution is 2.35. The van der Waals surface area contributed by atoms with Crippen LogP contribution in [0.15, 0.2) is 36.7 Å². The Bertz CT molecular complexity index is 1030. The summed E-state index contributed by atoms with van der Waals surface area (Å²) in [7, 11) is 0. The van der Waals surface area contributed by atoms with Gasteiger partial charge >= 0.3 is 0 Å². The molecular weight excluding hydrogens is 415 g/mol. The summed E-state index contributed by atoms with van der Waals surface area (Å²) in [6, 6.07) is 7.23. The first-order valence-corrected chi connectivity index (χ1v) is 11.2. The Morgan fingerprint density at radius 3 is 2.58 bits per heavy atom. The van der Waals surface area contributed by atoms with Crippen LogP contribution in [-0.2, 0) is 0 Å². The van der Waals surface area contributed by atoms with Gasteiger partial charge in [-0.15, -0.1) is 0 Å². The van der Waals surface area contributed by atoms with E-state index in [1.165, 1.54) is 6.07 Å². The molecule has 166 valence electrons. The second-order valence-corrected chi connectivity index (χ2v) is 8.25. The summed E-state index contributed by atoms with van der Waals surface area (Å²) >= 11 is 6.20. The lowest BCUT2D eigenvalue weighted by atomic mass is 10.0. The van der Waals surface area contributed by atoms with Gasteiger partial charge in [0.25, 0.3) is 0 Å². The number of aryl methyl sites for hydroxylation is 1. The van der Waals surface area contributed by atoms with Crippen LogP contribution in [0.5, 0.6) is 5.75 Å². The highest BCUT2D eigenvalue weighted by molar-refractivity contribution is 6.31. The summed E-state index contributed by atoms with van der Waals surface area (Å²) in [6.45, 7) is 8.06. The van der Waals surface area contributed by atoms with Crippen LogP contribution < -0.4 is 10.5 Å². The fraction of sp³-hybridized carbons (Fsp3) is 0.417. The minimum Gasteiger partial charge on any atom is -0.482 e. The molecule has 2 heterocycles. The maximum Gasteiger partial charge on any atom is 0.166 e. The van der Waals surface area contributed by atoms with Crippen LogP contribution in [0.4, 0.5) is 10.2 Å². The molecule has 0 bridgehead atoms. The van der Waals surface area contributed by atoms with E-state index in [0.717, 1.165) is 42.5 Å². The maximum atomic E-state index is 14.0. The highest BCUT2D eigenvalue weighted by Gasteiger charge is 2.19. The normalized spacial score (nSPS) is 12.4. The van der Waals surface area contributed by atoms with Crippen molar-refractivity contribution in [3.63, 3.8) is 0 Å². The van der Waals surface area contributed by atoms with E-state index in [4.69, 9.17) is 27.2 Å². The molecule has 7 heteroatoms. The molecular formula is C24H30ClFN4O. The van der Waals surface area contributed by atoms with Crippen molar-refractivity contribution < 1.29 is 9.13 Å². The SMILES string of the molecule is CCCC(CCC)n1ccc(-c2cnc(N)c(OC(C)c3c(C)ccc(F)c3Cl)c2)n1. The Morgan fingerprint density at radius 1 is 1.19 bits per heavy atom. The van der Waals surface area contributed by atoms with Crippen molar-refractivity contribution >= 4 is 17.4 Å². The first kappa shape index (κ1) is 23.1. The summed E-state index contributed by atoms with van der Waals surface area (Å²) in [5, 5.41) is 4.84. The summed E-state index contributed by atoms with van der Waals surface area (Å²) in [4.78, 5) is 4.29. The van der Waals surface area contributed by atoms with Crippen molar-refractivity contribution in [1.82, 2.24) is 14.8 Å². The molecule has 0 aliphatic heterocycles. The van der Waals surface area contributed by atoms with Gasteiger partial charge in [-0.2, -0.15) is 5.10 Å². The van der Waals surface area contributed by atoms with Gasteiger partial charge in [-0.05, 0) is 50.5 Å². The lowest BCUT2D eigenvalue weighted by molar-refractivity contribution is 0.226. The van der Waals surface area contributed by atoms with E-state index >= 15 is 0 Å². The molecule has 0 saturated heterocycles. The topological polar surface area (TPSA) is 66.0 Å². The van der Waals surface area contributed by atoms with Crippen molar-refractivity contribution in [2.45, 2.75) is 65.5 Å². The lowest BCUT2D eigenvalue weighted by Gasteiger charge is -2.20. The number of pyridine rings is 1. The maximum absolute atomic E-state index is 14.0. The van der Waals surface area contributed by atoms with E-state index in [2.05, 4.69) is 18.8 Å². The third-order valence-electron chi connectivity index (χ3n) is 5.46. The molecule has 3 aromatic rings. The highest BCUT2D eigenvalue weighted by atomic mass is 35.5. The van der Waals surface area contributed by atoms with E-state index in [1.807, 2.05) is 36.9 Å². The summed E-state index contributed by atoms with van der Waals surface area (Å²) in [6.07, 6.45) is 7.61. The quantitative estimate of drug-likeness (QED) is 0.389. The van der Waals surface area contributed by atoms with E-state index in [-0.39, 0.29) is 10.8 Å². The van der Waals surface area contributed by atoms with Crippen LogP contribution in [0.1, 0.15) is 69.7 Å². The Balaban J connectivity index is 1.87. The number of anilines is 1. The summed E-state index contributed by atoms with van der Waals surface area (Å²) < 4.78 is 22.1. The number of aromatic nitrogens is 3. The minimum atomic E-state index is -0.501. The molecule has 0 radical (unpaired) electrons. The van der Waals surface area contributed by atoms with Gasteiger partial charge in [-0.3, -0.25) is 4.68 Å². The standard InChI is InChI=1S/C24H30ClFN4O/c1-5-7-18(8-6-2)30-12-11-20(29-30)17-13-21(24(27)28-14-17)31-16(4)22-15(3)9-10-19(26)23(22)25/h9-14,16,18H,5-8H2,1-4H3,(H2,27,28). The smallest absolute Gasteiger partial charge is 0.166 e. The number of hydrogen-bond donors (Lipinski definition) is 1. The number of nitrogens with two attached hydrogens (primary N) is 1. The molecule has 3 rings (SSSR count). The minimum absolute atomic E-state index is 0.0619. The molecule has 0 spiro atoms. The largest absolute Gasteiger partial charge is 0.482 e. The molecule has 2 N–H and O–H groups in total. The molecule has 0 aliphatic rings. The molecule has 0 aliphatic carbocycles. The van der Waals surface area contributed by atoms with Crippen molar-refractivity contribution in [3.05, 3.63) is 58.6 Å². The summed E-state index contributed by atoms with van der Waals surface area (Å²) in [5.74, 6) is 0.199. The van der Waals surface area contributed by atoms with Gasteiger partial charge in [-0.25, -0.2) is 9.37 Å². The molecule has 1 unspecified atom stereocenters. The first-order valence-electron chi connectivity index (χ1n) is 10.8. The number of benzene rings is 1. The number of nitrogen functional groups attached to an aromatic ring is 1. The number of hydrogen-bond acceptors (Lipinski definition) is 4. The average Bonchev–Trinajstić information content (AvgIpc) is 3.23. The van der Waals surface area contributed by atoms with E-state index in [9.17, 15) is 4.39 Å². The Morgan fingerprint density at radius 2 is 1.90 bits per heavy atom. The van der Waals surface area contributed by atoms with Gasteiger partial charge in [0.15, 0.2) is 11.6 Å². The average molecular weight is 445 g/mol. The zero-order chi connectivity index (χ0) is 22.5. The van der Waals surface area contributed by atoms with Crippen molar-refractivity contribution in [2.24, 2.45) is 0 Å². The molecule has 2 aromatic heterocycles. The number of nitrogens with zero attached hydrogens (tertiary/aromatic N) is 3. The van der Waals surface area contributed by atoms with Gasteiger partial charge in [0.2, 0.25) is 0 Å². The van der Waals surface area contributed by atoms with Crippen LogP contribution in [0.25, 0.3) is 11.3 Å². The van der Waals surface area contributed by atoms with Gasteiger partial charge < -0.3 is 10.5 Å². The number of rotatable bonds is 9. The van der Waals surface area contributed by atoms with Crippen LogP contribution in [-0.4, -0.2) is 14.8 Å². The van der Waals surface area contributed by atoms with Crippen LogP contribution in [0.3, 0.4) is 0 Å². The predicted molar refractivity (Wildman–Crippen MR) is 124 cm³/mol.